The first-order chi connectivity index (χ1) is 15.7. The van der Waals surface area contributed by atoms with Crippen molar-refractivity contribution in [2.75, 3.05) is 5.32 Å². The second-order valence-electron chi connectivity index (χ2n) is 7.51. The van der Waals surface area contributed by atoms with Gasteiger partial charge in [-0.15, -0.1) is 0 Å². The van der Waals surface area contributed by atoms with E-state index in [4.69, 9.17) is 0 Å². The lowest BCUT2D eigenvalue weighted by Gasteiger charge is -2.19. The fourth-order valence-electron chi connectivity index (χ4n) is 3.50. The molecule has 0 aromatic heterocycles. The first-order valence-corrected chi connectivity index (χ1v) is 10.6. The van der Waals surface area contributed by atoms with Crippen molar-refractivity contribution in [2.24, 2.45) is 0 Å². The van der Waals surface area contributed by atoms with Gasteiger partial charge in [-0.3, -0.25) is 9.59 Å². The molecule has 0 saturated carbocycles. The Balaban J connectivity index is 1.49. The van der Waals surface area contributed by atoms with Crippen LogP contribution in [0.3, 0.4) is 0 Å². The molecule has 4 nitrogen and oxygen atoms in total. The molecule has 2 amide bonds. The molecule has 0 saturated heterocycles. The lowest BCUT2D eigenvalue weighted by atomic mass is 10.0. The smallest absolute Gasteiger partial charge is 0.251 e. The van der Waals surface area contributed by atoms with Crippen molar-refractivity contribution in [3.8, 4) is 11.1 Å². The predicted molar refractivity (Wildman–Crippen MR) is 128 cm³/mol. The Morgan fingerprint density at radius 1 is 0.625 bits per heavy atom. The van der Waals surface area contributed by atoms with Gasteiger partial charge in [0.1, 0.15) is 6.04 Å². The van der Waals surface area contributed by atoms with E-state index in [2.05, 4.69) is 10.6 Å². The van der Waals surface area contributed by atoms with Crippen molar-refractivity contribution in [1.29, 1.82) is 0 Å². The summed E-state index contributed by atoms with van der Waals surface area (Å²) < 4.78 is 0. The van der Waals surface area contributed by atoms with E-state index in [-0.39, 0.29) is 11.8 Å². The van der Waals surface area contributed by atoms with Crippen molar-refractivity contribution in [2.45, 2.75) is 12.5 Å². The summed E-state index contributed by atoms with van der Waals surface area (Å²) >= 11 is 0. The zero-order valence-corrected chi connectivity index (χ0v) is 17.6. The molecule has 0 aliphatic carbocycles. The molecule has 0 fully saturated rings. The maximum atomic E-state index is 13.1. The first-order valence-electron chi connectivity index (χ1n) is 10.6. The highest BCUT2D eigenvalue weighted by Gasteiger charge is 2.22. The maximum absolute atomic E-state index is 13.1. The second kappa shape index (κ2) is 10.2. The van der Waals surface area contributed by atoms with Crippen LogP contribution >= 0.6 is 0 Å². The van der Waals surface area contributed by atoms with E-state index >= 15 is 0 Å². The summed E-state index contributed by atoms with van der Waals surface area (Å²) in [6.07, 6.45) is 0.396. The van der Waals surface area contributed by atoms with Gasteiger partial charge in [0.2, 0.25) is 5.91 Å². The number of hydrogen-bond donors (Lipinski definition) is 2. The molecule has 0 unspecified atom stereocenters. The molecule has 4 heteroatoms. The zero-order chi connectivity index (χ0) is 22.2. The molecule has 1 atom stereocenters. The number of benzene rings is 4. The summed E-state index contributed by atoms with van der Waals surface area (Å²) in [7, 11) is 0. The number of carbonyl (C=O) groups excluding carboxylic acids is 2. The molecule has 2 N–H and O–H groups in total. The highest BCUT2D eigenvalue weighted by Crippen LogP contribution is 2.21. The number of amides is 2. The van der Waals surface area contributed by atoms with E-state index in [0.29, 0.717) is 17.7 Å². The number of carbonyl (C=O) groups is 2. The molecule has 4 aromatic carbocycles. The molecular formula is C28H24N2O2. The third-order valence-corrected chi connectivity index (χ3v) is 5.20. The van der Waals surface area contributed by atoms with Crippen molar-refractivity contribution in [3.05, 3.63) is 126 Å². The normalized spacial score (nSPS) is 11.4. The minimum Gasteiger partial charge on any atom is -0.340 e. The number of hydrogen-bond acceptors (Lipinski definition) is 2. The molecule has 0 heterocycles. The van der Waals surface area contributed by atoms with Gasteiger partial charge in [0.25, 0.3) is 5.91 Å². The van der Waals surface area contributed by atoms with Gasteiger partial charge in [-0.05, 0) is 41.0 Å². The Morgan fingerprint density at radius 3 is 1.78 bits per heavy atom. The molecule has 158 valence electrons. The Morgan fingerprint density at radius 2 is 1.16 bits per heavy atom. The minimum absolute atomic E-state index is 0.259. The summed E-state index contributed by atoms with van der Waals surface area (Å²) in [5.41, 5.74) is 4.36. The molecule has 4 aromatic rings. The third-order valence-electron chi connectivity index (χ3n) is 5.20. The first kappa shape index (κ1) is 21.1. The van der Waals surface area contributed by atoms with Gasteiger partial charge in [0.15, 0.2) is 0 Å². The molecular weight excluding hydrogens is 396 g/mol. The Hall–Kier alpha value is -4.18. The van der Waals surface area contributed by atoms with Gasteiger partial charge in [-0.2, -0.15) is 0 Å². The average molecular weight is 421 g/mol. The zero-order valence-electron chi connectivity index (χ0n) is 17.6. The van der Waals surface area contributed by atoms with Crippen LogP contribution in [0.5, 0.6) is 0 Å². The van der Waals surface area contributed by atoms with E-state index in [1.54, 1.807) is 24.3 Å². The van der Waals surface area contributed by atoms with Crippen LogP contribution in [0, 0.1) is 0 Å². The van der Waals surface area contributed by atoms with E-state index in [0.717, 1.165) is 16.7 Å². The molecule has 0 spiro atoms. The van der Waals surface area contributed by atoms with Crippen molar-refractivity contribution >= 4 is 17.5 Å². The number of anilines is 1. The highest BCUT2D eigenvalue weighted by molar-refractivity contribution is 6.01. The SMILES string of the molecule is O=C(N[C@H](Cc1ccccc1)C(=O)Nc1ccc(-c2ccccc2)cc1)c1ccccc1. The summed E-state index contributed by atoms with van der Waals surface area (Å²) in [6, 6.07) is 35.6. The molecule has 0 radical (unpaired) electrons. The van der Waals surface area contributed by atoms with Gasteiger partial charge >= 0.3 is 0 Å². The predicted octanol–water partition coefficient (Wildman–Crippen LogP) is 5.33. The van der Waals surface area contributed by atoms with E-state index < -0.39 is 6.04 Å². The topological polar surface area (TPSA) is 58.2 Å². The lowest BCUT2D eigenvalue weighted by molar-refractivity contribution is -0.118. The van der Waals surface area contributed by atoms with Crippen molar-refractivity contribution in [1.82, 2.24) is 5.32 Å². The van der Waals surface area contributed by atoms with Crippen LogP contribution in [0.25, 0.3) is 11.1 Å². The molecule has 0 aliphatic heterocycles. The van der Waals surface area contributed by atoms with Crippen LogP contribution in [-0.4, -0.2) is 17.9 Å². The minimum atomic E-state index is -0.709. The number of nitrogens with one attached hydrogen (secondary N) is 2. The maximum Gasteiger partial charge on any atom is 0.251 e. The van der Waals surface area contributed by atoms with Crippen molar-refractivity contribution in [3.63, 3.8) is 0 Å². The lowest BCUT2D eigenvalue weighted by Crippen LogP contribution is -2.45. The molecule has 0 aliphatic rings. The van der Waals surface area contributed by atoms with E-state index in [1.807, 2.05) is 91.0 Å². The van der Waals surface area contributed by atoms with Gasteiger partial charge in [0.05, 0.1) is 0 Å². The highest BCUT2D eigenvalue weighted by atomic mass is 16.2. The van der Waals surface area contributed by atoms with Gasteiger partial charge in [-0.1, -0.05) is 91.0 Å². The van der Waals surface area contributed by atoms with Crippen LogP contribution in [0.1, 0.15) is 15.9 Å². The quantitative estimate of drug-likeness (QED) is 0.424. The largest absolute Gasteiger partial charge is 0.340 e. The number of rotatable bonds is 7. The molecule has 4 rings (SSSR count). The van der Waals surface area contributed by atoms with E-state index in [1.165, 1.54) is 0 Å². The van der Waals surface area contributed by atoms with Crippen molar-refractivity contribution < 1.29 is 9.59 Å². The Labute approximate surface area is 187 Å². The van der Waals surface area contributed by atoms with Crippen LogP contribution in [-0.2, 0) is 11.2 Å². The average Bonchev–Trinajstić information content (AvgIpc) is 2.86. The third kappa shape index (κ3) is 5.49. The van der Waals surface area contributed by atoms with Gasteiger partial charge in [-0.25, -0.2) is 0 Å². The molecule has 32 heavy (non-hydrogen) atoms. The summed E-state index contributed by atoms with van der Waals surface area (Å²) in [4.78, 5) is 25.8. The van der Waals surface area contributed by atoms with Gasteiger partial charge < -0.3 is 10.6 Å². The Bertz CT molecular complexity index is 1160. The van der Waals surface area contributed by atoms with E-state index in [9.17, 15) is 9.59 Å². The van der Waals surface area contributed by atoms with Crippen LogP contribution < -0.4 is 10.6 Å². The van der Waals surface area contributed by atoms with Crippen LogP contribution in [0.4, 0.5) is 5.69 Å². The Kier molecular flexibility index (Phi) is 6.73. The monoisotopic (exact) mass is 420 g/mol. The van der Waals surface area contributed by atoms with Crippen LogP contribution in [0.2, 0.25) is 0 Å². The molecule has 0 bridgehead atoms. The summed E-state index contributed by atoms with van der Waals surface area (Å²) in [5, 5.41) is 5.83. The fraction of sp³-hybridized carbons (Fsp3) is 0.0714. The standard InChI is InChI=1S/C28H24N2O2/c31-27(24-14-8-3-9-15-24)30-26(20-21-10-4-1-5-11-21)28(32)29-25-18-16-23(17-19-25)22-12-6-2-7-13-22/h1-19,26H,20H2,(H,29,32)(H,30,31)/t26-/m1/s1. The summed E-state index contributed by atoms with van der Waals surface area (Å²) in [6.45, 7) is 0. The van der Waals surface area contributed by atoms with Crippen LogP contribution in [0.15, 0.2) is 115 Å². The van der Waals surface area contributed by atoms with Gasteiger partial charge in [0, 0.05) is 17.7 Å². The summed E-state index contributed by atoms with van der Waals surface area (Å²) in [5.74, 6) is -0.535. The second-order valence-corrected chi connectivity index (χ2v) is 7.51. The fourth-order valence-corrected chi connectivity index (χ4v) is 3.50.